The van der Waals surface area contributed by atoms with Gasteiger partial charge in [-0.05, 0) is 49.5 Å². The zero-order chi connectivity index (χ0) is 20.4. The van der Waals surface area contributed by atoms with Gasteiger partial charge in [-0.3, -0.25) is 9.59 Å². The second kappa shape index (κ2) is 11.4. The molecule has 0 spiro atoms. The average Bonchev–Trinajstić information content (AvgIpc) is 2.66. The molecule has 2 rings (SSSR count). The molecule has 0 heterocycles. The lowest BCUT2D eigenvalue weighted by Crippen LogP contribution is -2.47. The van der Waals surface area contributed by atoms with Crippen LogP contribution in [0.3, 0.4) is 0 Å². The van der Waals surface area contributed by atoms with Gasteiger partial charge in [-0.1, -0.05) is 37.5 Å². The van der Waals surface area contributed by atoms with Gasteiger partial charge in [0.25, 0.3) is 0 Å². The van der Waals surface area contributed by atoms with Crippen LogP contribution in [0.2, 0.25) is 0 Å². The summed E-state index contributed by atoms with van der Waals surface area (Å²) in [6.45, 7) is 2.15. The number of carbonyl (C=O) groups excluding carboxylic acids is 2. The normalized spacial score (nSPS) is 16.4. The van der Waals surface area contributed by atoms with Crippen molar-refractivity contribution in [2.75, 3.05) is 6.54 Å². The zero-order valence-corrected chi connectivity index (χ0v) is 16.2. The van der Waals surface area contributed by atoms with Crippen molar-refractivity contribution >= 4 is 11.8 Å². The van der Waals surface area contributed by atoms with Gasteiger partial charge in [-0.25, -0.2) is 8.78 Å². The zero-order valence-electron chi connectivity index (χ0n) is 16.2. The molecule has 1 aliphatic rings. The number of benzene rings is 1. The van der Waals surface area contributed by atoms with Crippen LogP contribution >= 0.6 is 0 Å². The van der Waals surface area contributed by atoms with Gasteiger partial charge in [-0.15, -0.1) is 0 Å². The molecule has 1 aromatic carbocycles. The molecule has 0 aromatic heterocycles. The Bertz CT molecular complexity index is 705. The van der Waals surface area contributed by atoms with Crippen LogP contribution in [0.1, 0.15) is 44.6 Å². The van der Waals surface area contributed by atoms with E-state index in [1.165, 1.54) is 24.6 Å². The lowest BCUT2D eigenvalue weighted by Gasteiger charge is -2.19. The van der Waals surface area contributed by atoms with Crippen molar-refractivity contribution in [1.29, 1.82) is 0 Å². The van der Waals surface area contributed by atoms with E-state index in [-0.39, 0.29) is 12.3 Å². The van der Waals surface area contributed by atoms with Gasteiger partial charge in [0, 0.05) is 19.0 Å². The molecule has 1 fully saturated rings. The summed E-state index contributed by atoms with van der Waals surface area (Å²) < 4.78 is 26.9. The summed E-state index contributed by atoms with van der Waals surface area (Å²) in [7, 11) is 0. The van der Waals surface area contributed by atoms with Gasteiger partial charge < -0.3 is 10.6 Å². The second-order valence-electron chi connectivity index (χ2n) is 7.11. The van der Waals surface area contributed by atoms with Gasteiger partial charge in [0.15, 0.2) is 0 Å². The molecule has 1 saturated carbocycles. The highest BCUT2D eigenvalue weighted by molar-refractivity contribution is 5.93. The standard InChI is InChI=1S/C22H28F2N2O2/c1-2-3-11-25-22(28)20(14-17-12-18(23)15-19(24)13-17)26-21(27)10-9-16-7-5-4-6-8-16/h2-3,9-10,12-13,15-16,20H,4-8,11,14H2,1H3,(H,25,28)(H,26,27)/b3-2-,10-9+/t20-/m0/s1. The van der Waals surface area contributed by atoms with Crippen LogP contribution < -0.4 is 10.6 Å². The molecule has 4 nitrogen and oxygen atoms in total. The van der Waals surface area contributed by atoms with E-state index < -0.39 is 23.6 Å². The Morgan fingerprint density at radius 3 is 2.46 bits per heavy atom. The number of hydrogen-bond acceptors (Lipinski definition) is 2. The molecule has 0 saturated heterocycles. The van der Waals surface area contributed by atoms with Crippen LogP contribution in [0.4, 0.5) is 8.78 Å². The molecule has 1 aliphatic carbocycles. The molecule has 28 heavy (non-hydrogen) atoms. The average molecular weight is 390 g/mol. The van der Waals surface area contributed by atoms with Gasteiger partial charge in [0.2, 0.25) is 11.8 Å². The van der Waals surface area contributed by atoms with Crippen LogP contribution in [-0.2, 0) is 16.0 Å². The van der Waals surface area contributed by atoms with E-state index >= 15 is 0 Å². The number of amides is 2. The van der Waals surface area contributed by atoms with Crippen molar-refractivity contribution in [2.45, 2.75) is 51.5 Å². The largest absolute Gasteiger partial charge is 0.351 e. The van der Waals surface area contributed by atoms with Crippen molar-refractivity contribution in [3.8, 4) is 0 Å². The molecule has 1 atom stereocenters. The van der Waals surface area contributed by atoms with Crippen LogP contribution in [0.15, 0.2) is 42.5 Å². The summed E-state index contributed by atoms with van der Waals surface area (Å²) in [5.41, 5.74) is 0.306. The maximum atomic E-state index is 13.5. The van der Waals surface area contributed by atoms with E-state index in [1.54, 1.807) is 12.2 Å². The van der Waals surface area contributed by atoms with Crippen LogP contribution in [0.25, 0.3) is 0 Å². The molecule has 2 amide bonds. The molecular weight excluding hydrogens is 362 g/mol. The summed E-state index contributed by atoms with van der Waals surface area (Å²) in [6, 6.07) is 2.18. The molecule has 1 aromatic rings. The van der Waals surface area contributed by atoms with E-state index in [1.807, 2.05) is 13.0 Å². The molecule has 6 heteroatoms. The molecular formula is C22H28F2N2O2. The number of allylic oxidation sites excluding steroid dienone is 2. The smallest absolute Gasteiger partial charge is 0.244 e. The SMILES string of the molecule is C/C=C\CNC(=O)[C@H](Cc1cc(F)cc(F)c1)NC(=O)/C=C/C1CCCCC1. The Balaban J connectivity index is 2.04. The number of halogens is 2. The van der Waals surface area contributed by atoms with E-state index in [0.29, 0.717) is 18.0 Å². The number of nitrogens with one attached hydrogen (secondary N) is 2. The highest BCUT2D eigenvalue weighted by Gasteiger charge is 2.21. The lowest BCUT2D eigenvalue weighted by atomic mass is 9.89. The summed E-state index contributed by atoms with van der Waals surface area (Å²) in [5, 5.41) is 5.36. The fourth-order valence-electron chi connectivity index (χ4n) is 3.34. The highest BCUT2D eigenvalue weighted by atomic mass is 19.1. The van der Waals surface area contributed by atoms with E-state index in [9.17, 15) is 18.4 Å². The molecule has 0 aliphatic heterocycles. The van der Waals surface area contributed by atoms with E-state index in [4.69, 9.17) is 0 Å². The fourth-order valence-corrected chi connectivity index (χ4v) is 3.34. The third-order valence-corrected chi connectivity index (χ3v) is 4.79. The Labute approximate surface area is 165 Å². The van der Waals surface area contributed by atoms with Crippen molar-refractivity contribution in [3.63, 3.8) is 0 Å². The monoisotopic (exact) mass is 390 g/mol. The van der Waals surface area contributed by atoms with E-state index in [0.717, 1.165) is 31.7 Å². The minimum atomic E-state index is -0.921. The quantitative estimate of drug-likeness (QED) is 0.524. The minimum absolute atomic E-state index is 0.000634. The summed E-state index contributed by atoms with van der Waals surface area (Å²) >= 11 is 0. The van der Waals surface area contributed by atoms with Gasteiger partial charge in [-0.2, -0.15) is 0 Å². The van der Waals surface area contributed by atoms with Crippen molar-refractivity contribution in [3.05, 3.63) is 59.7 Å². The first-order chi connectivity index (χ1) is 13.5. The first-order valence-corrected chi connectivity index (χ1v) is 9.80. The Morgan fingerprint density at radius 2 is 1.82 bits per heavy atom. The summed E-state index contributed by atoms with van der Waals surface area (Å²) in [6.07, 6.45) is 12.6. The maximum absolute atomic E-state index is 13.5. The predicted molar refractivity (Wildman–Crippen MR) is 106 cm³/mol. The fraction of sp³-hybridized carbons (Fsp3) is 0.455. The second-order valence-corrected chi connectivity index (χ2v) is 7.11. The number of hydrogen-bond donors (Lipinski definition) is 2. The first kappa shape index (κ1) is 21.8. The molecule has 0 bridgehead atoms. The predicted octanol–water partition coefficient (Wildman–Crippen LogP) is 3.82. The third-order valence-electron chi connectivity index (χ3n) is 4.79. The Morgan fingerprint density at radius 1 is 1.14 bits per heavy atom. The van der Waals surface area contributed by atoms with Crippen LogP contribution in [0.5, 0.6) is 0 Å². The molecule has 152 valence electrons. The van der Waals surface area contributed by atoms with Gasteiger partial charge in [0.1, 0.15) is 17.7 Å². The number of rotatable bonds is 8. The maximum Gasteiger partial charge on any atom is 0.244 e. The third kappa shape index (κ3) is 7.62. The van der Waals surface area contributed by atoms with Crippen molar-refractivity contribution < 1.29 is 18.4 Å². The van der Waals surface area contributed by atoms with E-state index in [2.05, 4.69) is 10.6 Å². The minimum Gasteiger partial charge on any atom is -0.351 e. The highest BCUT2D eigenvalue weighted by Crippen LogP contribution is 2.24. The Hall–Kier alpha value is -2.50. The topological polar surface area (TPSA) is 58.2 Å². The van der Waals surface area contributed by atoms with Gasteiger partial charge >= 0.3 is 0 Å². The molecule has 2 N–H and O–H groups in total. The lowest BCUT2D eigenvalue weighted by molar-refractivity contribution is -0.126. The summed E-state index contributed by atoms with van der Waals surface area (Å²) in [4.78, 5) is 24.8. The van der Waals surface area contributed by atoms with Gasteiger partial charge in [0.05, 0.1) is 0 Å². The summed E-state index contributed by atoms with van der Waals surface area (Å²) in [5.74, 6) is -1.83. The van der Waals surface area contributed by atoms with Crippen molar-refractivity contribution in [1.82, 2.24) is 10.6 Å². The molecule has 0 radical (unpaired) electrons. The Kier molecular flexibility index (Phi) is 8.85. The van der Waals surface area contributed by atoms with Crippen LogP contribution in [-0.4, -0.2) is 24.4 Å². The number of carbonyl (C=O) groups is 2. The first-order valence-electron chi connectivity index (χ1n) is 9.80. The van der Waals surface area contributed by atoms with Crippen molar-refractivity contribution in [2.24, 2.45) is 5.92 Å². The molecule has 0 unspecified atom stereocenters. The van der Waals surface area contributed by atoms with Crippen LogP contribution in [0, 0.1) is 17.6 Å².